The molecule has 0 bridgehead atoms. The maximum Gasteiger partial charge on any atom is 0.360 e. The molecular weight excluding hydrogens is 286 g/mol. The summed E-state index contributed by atoms with van der Waals surface area (Å²) in [5.41, 5.74) is 0.0206. The maximum atomic E-state index is 11.8. The van der Waals surface area contributed by atoms with E-state index in [2.05, 4.69) is 10.2 Å². The number of primary sulfonamides is 1. The van der Waals surface area contributed by atoms with Gasteiger partial charge in [0, 0.05) is 20.1 Å². The zero-order valence-corrected chi connectivity index (χ0v) is 12.3. The van der Waals surface area contributed by atoms with Crippen LogP contribution >= 0.6 is 0 Å². The fourth-order valence-electron chi connectivity index (χ4n) is 1.67. The van der Waals surface area contributed by atoms with Gasteiger partial charge in [-0.15, -0.1) is 0 Å². The molecule has 1 heterocycles. The summed E-state index contributed by atoms with van der Waals surface area (Å²) in [7, 11) is -2.51. The third kappa shape index (κ3) is 4.29. The zero-order chi connectivity index (χ0) is 15.2. The fourth-order valence-corrected chi connectivity index (χ4v) is 2.56. The Balaban J connectivity index is 2.92. The molecule has 0 spiro atoms. The van der Waals surface area contributed by atoms with Crippen LogP contribution < -0.4 is 5.14 Å². The molecule has 1 aromatic heterocycles. The van der Waals surface area contributed by atoms with Crippen LogP contribution in [-0.2, 0) is 25.9 Å². The number of aromatic nitrogens is 2. The Morgan fingerprint density at radius 2 is 2.10 bits per heavy atom. The summed E-state index contributed by atoms with van der Waals surface area (Å²) >= 11 is 0. The van der Waals surface area contributed by atoms with E-state index in [4.69, 9.17) is 14.6 Å². The molecular formula is C11H19N3O5S. The summed E-state index contributed by atoms with van der Waals surface area (Å²) in [5.74, 6) is -0.816. The van der Waals surface area contributed by atoms with Crippen LogP contribution in [0.5, 0.6) is 0 Å². The third-order valence-electron chi connectivity index (χ3n) is 2.50. The van der Waals surface area contributed by atoms with Gasteiger partial charge >= 0.3 is 5.97 Å². The third-order valence-corrected chi connectivity index (χ3v) is 3.50. The van der Waals surface area contributed by atoms with Gasteiger partial charge in [-0.25, -0.2) is 18.4 Å². The molecule has 9 heteroatoms. The number of hydrogen-bond donors (Lipinski definition) is 2. The minimum absolute atomic E-state index is 0.118. The first-order valence-electron chi connectivity index (χ1n) is 6.17. The zero-order valence-electron chi connectivity index (χ0n) is 11.5. The highest BCUT2D eigenvalue weighted by molar-refractivity contribution is 7.89. The first kappa shape index (κ1) is 16.6. The Kier molecular flexibility index (Phi) is 6.11. The average Bonchev–Trinajstić information content (AvgIpc) is 2.78. The van der Waals surface area contributed by atoms with E-state index >= 15 is 0 Å². The number of nitrogens with zero attached hydrogens (tertiary/aromatic N) is 1. The standard InChI is InChI=1S/C11H19N3O5S/c1-3-5-8-10(20(12,16)17)9(14-13-8)11(15)19-7-4-6-18-2/h3-7H2,1-2H3,(H,13,14)(H2,12,16,17). The highest BCUT2D eigenvalue weighted by Crippen LogP contribution is 2.19. The minimum Gasteiger partial charge on any atom is -0.461 e. The van der Waals surface area contributed by atoms with Crippen LogP contribution in [0.15, 0.2) is 4.90 Å². The first-order chi connectivity index (χ1) is 9.41. The number of carbonyl (C=O) groups excluding carboxylic acids is 1. The van der Waals surface area contributed by atoms with E-state index in [9.17, 15) is 13.2 Å². The number of aromatic amines is 1. The molecule has 1 rings (SSSR count). The molecule has 8 nitrogen and oxygen atoms in total. The van der Waals surface area contributed by atoms with E-state index < -0.39 is 16.0 Å². The molecule has 114 valence electrons. The number of ether oxygens (including phenoxy) is 2. The summed E-state index contributed by atoms with van der Waals surface area (Å²) in [6.07, 6.45) is 1.63. The number of esters is 1. The second-order valence-corrected chi connectivity index (χ2v) is 5.66. The molecule has 0 aliphatic carbocycles. The Labute approximate surface area is 117 Å². The van der Waals surface area contributed by atoms with Gasteiger partial charge in [0.25, 0.3) is 0 Å². The van der Waals surface area contributed by atoms with E-state index in [-0.39, 0.29) is 17.2 Å². The van der Waals surface area contributed by atoms with Gasteiger partial charge in [-0.05, 0) is 6.42 Å². The van der Waals surface area contributed by atoms with E-state index in [1.165, 1.54) is 7.11 Å². The minimum atomic E-state index is -4.04. The number of sulfonamides is 1. The first-order valence-corrected chi connectivity index (χ1v) is 7.72. The second kappa shape index (κ2) is 7.36. The Hall–Kier alpha value is -1.45. The molecule has 3 N–H and O–H groups in total. The van der Waals surface area contributed by atoms with Crippen LogP contribution in [0.3, 0.4) is 0 Å². The van der Waals surface area contributed by atoms with Crippen molar-refractivity contribution in [2.75, 3.05) is 20.3 Å². The lowest BCUT2D eigenvalue weighted by atomic mass is 10.2. The van der Waals surface area contributed by atoms with Crippen molar-refractivity contribution >= 4 is 16.0 Å². The average molecular weight is 305 g/mol. The lowest BCUT2D eigenvalue weighted by Crippen LogP contribution is -2.19. The number of methoxy groups -OCH3 is 1. The van der Waals surface area contributed by atoms with Gasteiger partial charge in [0.15, 0.2) is 5.69 Å². The fraction of sp³-hybridized carbons (Fsp3) is 0.636. The summed E-state index contributed by atoms with van der Waals surface area (Å²) in [4.78, 5) is 11.5. The van der Waals surface area contributed by atoms with Crippen LogP contribution in [0.2, 0.25) is 0 Å². The highest BCUT2D eigenvalue weighted by atomic mass is 32.2. The lowest BCUT2D eigenvalue weighted by Gasteiger charge is -2.04. The van der Waals surface area contributed by atoms with Gasteiger partial charge in [-0.3, -0.25) is 5.10 Å². The molecule has 0 aromatic carbocycles. The maximum absolute atomic E-state index is 11.8. The summed E-state index contributed by atoms with van der Waals surface area (Å²) < 4.78 is 32.9. The SMILES string of the molecule is CCCc1[nH]nc(C(=O)OCCCOC)c1S(N)(=O)=O. The van der Waals surface area contributed by atoms with Crippen LogP contribution in [0.1, 0.15) is 35.9 Å². The molecule has 0 aliphatic rings. The number of hydrogen-bond acceptors (Lipinski definition) is 6. The predicted molar refractivity (Wildman–Crippen MR) is 70.7 cm³/mol. The lowest BCUT2D eigenvalue weighted by molar-refractivity contribution is 0.0457. The Morgan fingerprint density at radius 3 is 2.65 bits per heavy atom. The second-order valence-electron chi connectivity index (χ2n) is 4.16. The number of carbonyl (C=O) groups is 1. The normalized spacial score (nSPS) is 11.6. The number of nitrogens with two attached hydrogens (primary N) is 1. The molecule has 0 saturated carbocycles. The van der Waals surface area contributed by atoms with Gasteiger partial charge in [-0.1, -0.05) is 13.3 Å². The van der Waals surface area contributed by atoms with E-state index in [0.717, 1.165) is 0 Å². The van der Waals surface area contributed by atoms with E-state index in [1.54, 1.807) is 0 Å². The van der Waals surface area contributed by atoms with Crippen molar-refractivity contribution in [1.82, 2.24) is 10.2 Å². The van der Waals surface area contributed by atoms with Crippen molar-refractivity contribution in [1.29, 1.82) is 0 Å². The summed E-state index contributed by atoms with van der Waals surface area (Å²) in [6.45, 7) is 2.43. The van der Waals surface area contributed by atoms with Gasteiger partial charge < -0.3 is 9.47 Å². The van der Waals surface area contributed by atoms with Crippen LogP contribution in [0.4, 0.5) is 0 Å². The Bertz CT molecular complexity index is 552. The van der Waals surface area contributed by atoms with Gasteiger partial charge in [0.1, 0.15) is 4.90 Å². The van der Waals surface area contributed by atoms with Gasteiger partial charge in [0.05, 0.1) is 12.3 Å². The summed E-state index contributed by atoms with van der Waals surface area (Å²) in [6, 6.07) is 0. The number of nitrogens with one attached hydrogen (secondary N) is 1. The quantitative estimate of drug-likeness (QED) is 0.522. The van der Waals surface area contributed by atoms with Crippen molar-refractivity contribution in [3.05, 3.63) is 11.4 Å². The molecule has 0 saturated heterocycles. The smallest absolute Gasteiger partial charge is 0.360 e. The van der Waals surface area contributed by atoms with Crippen LogP contribution in [-0.4, -0.2) is 44.9 Å². The van der Waals surface area contributed by atoms with Gasteiger partial charge in [0.2, 0.25) is 10.0 Å². The molecule has 1 aromatic rings. The monoisotopic (exact) mass is 305 g/mol. The van der Waals surface area contributed by atoms with E-state index in [1.807, 2.05) is 6.92 Å². The molecule has 0 aliphatic heterocycles. The number of aryl methyl sites for hydroxylation is 1. The largest absolute Gasteiger partial charge is 0.461 e. The van der Waals surface area contributed by atoms with Crippen LogP contribution in [0, 0.1) is 0 Å². The van der Waals surface area contributed by atoms with E-state index in [0.29, 0.717) is 31.6 Å². The van der Waals surface area contributed by atoms with Crippen molar-refractivity contribution < 1.29 is 22.7 Å². The molecule has 0 atom stereocenters. The number of rotatable bonds is 8. The molecule has 0 amide bonds. The highest BCUT2D eigenvalue weighted by Gasteiger charge is 2.27. The van der Waals surface area contributed by atoms with Crippen molar-refractivity contribution in [3.8, 4) is 0 Å². The van der Waals surface area contributed by atoms with Crippen molar-refractivity contribution in [2.24, 2.45) is 5.14 Å². The summed E-state index contributed by atoms with van der Waals surface area (Å²) in [5, 5.41) is 11.4. The van der Waals surface area contributed by atoms with Gasteiger partial charge in [-0.2, -0.15) is 5.10 Å². The van der Waals surface area contributed by atoms with Crippen molar-refractivity contribution in [3.63, 3.8) is 0 Å². The molecule has 0 fully saturated rings. The predicted octanol–water partition coefficient (Wildman–Crippen LogP) is 0.203. The topological polar surface area (TPSA) is 124 Å². The molecule has 0 radical (unpaired) electrons. The molecule has 0 unspecified atom stereocenters. The molecule has 20 heavy (non-hydrogen) atoms. The number of H-pyrrole nitrogens is 1. The van der Waals surface area contributed by atoms with Crippen LogP contribution in [0.25, 0.3) is 0 Å². The Morgan fingerprint density at radius 1 is 1.40 bits per heavy atom. The van der Waals surface area contributed by atoms with Crippen molar-refractivity contribution in [2.45, 2.75) is 31.1 Å².